The third kappa shape index (κ3) is 5.31. The molecule has 3 rings (SSSR count). The van der Waals surface area contributed by atoms with Gasteiger partial charge in [0.05, 0.1) is 19.3 Å². The summed E-state index contributed by atoms with van der Waals surface area (Å²) >= 11 is 0. The molecule has 2 fully saturated rings. The van der Waals surface area contributed by atoms with E-state index in [1.807, 2.05) is 25.1 Å². The van der Waals surface area contributed by atoms with Crippen LogP contribution in [0.1, 0.15) is 30.4 Å². The molecule has 2 heterocycles. The Kier molecular flexibility index (Phi) is 7.50. The fourth-order valence-electron chi connectivity index (χ4n) is 3.07. The molecule has 0 aliphatic carbocycles. The molecule has 0 saturated carbocycles. The highest BCUT2D eigenvalue weighted by molar-refractivity contribution is 5.85. The van der Waals surface area contributed by atoms with Gasteiger partial charge in [-0.15, -0.1) is 12.4 Å². The Hall–Kier alpha value is -1.34. The summed E-state index contributed by atoms with van der Waals surface area (Å²) in [6.45, 7) is 4.28. The van der Waals surface area contributed by atoms with Crippen LogP contribution in [-0.2, 0) is 20.8 Å². The summed E-state index contributed by atoms with van der Waals surface area (Å²) in [5.74, 6) is 0.736. The Balaban J connectivity index is 0.00000225. The second-order valence-corrected chi connectivity index (χ2v) is 6.49. The number of carbonyl (C=O) groups is 1. The molecule has 0 bridgehead atoms. The predicted molar refractivity (Wildman–Crippen MR) is 97.1 cm³/mol. The van der Waals surface area contributed by atoms with E-state index in [0.717, 1.165) is 42.7 Å². The Morgan fingerprint density at radius 2 is 2.20 bits per heavy atom. The maximum Gasteiger partial charge on any atom is 0.249 e. The molecule has 3 atom stereocenters. The number of aryl methyl sites for hydroxylation is 1. The van der Waals surface area contributed by atoms with Crippen molar-refractivity contribution in [3.8, 4) is 5.75 Å². The highest BCUT2D eigenvalue weighted by Gasteiger charge is 2.29. The molecule has 6 nitrogen and oxygen atoms in total. The number of ether oxygens (including phenoxy) is 3. The highest BCUT2D eigenvalue weighted by Crippen LogP contribution is 2.24. The van der Waals surface area contributed by atoms with Gasteiger partial charge >= 0.3 is 0 Å². The standard InChI is InChI=1S/C18H26N2O4.ClH/c1-12-2-3-13(17(8-12)24-15-6-7-22-11-15)10-20-18(21)16-5-4-14(9-19)23-16;/h2-3,8,14-16H,4-7,9-11,19H2,1H3,(H,20,21);1H/t14-,15?,16+;/m1./s1. The predicted octanol–water partition coefficient (Wildman–Crippen LogP) is 1.71. The second kappa shape index (κ2) is 9.38. The Labute approximate surface area is 154 Å². The van der Waals surface area contributed by atoms with E-state index in [9.17, 15) is 4.79 Å². The van der Waals surface area contributed by atoms with Crippen molar-refractivity contribution in [2.24, 2.45) is 5.73 Å². The first-order valence-electron chi connectivity index (χ1n) is 8.63. The Morgan fingerprint density at radius 1 is 1.36 bits per heavy atom. The average molecular weight is 371 g/mol. The van der Waals surface area contributed by atoms with Gasteiger partial charge in [0, 0.05) is 25.1 Å². The van der Waals surface area contributed by atoms with Crippen molar-refractivity contribution in [2.45, 2.75) is 51.0 Å². The summed E-state index contributed by atoms with van der Waals surface area (Å²) in [5.41, 5.74) is 7.68. The van der Waals surface area contributed by atoms with E-state index in [4.69, 9.17) is 19.9 Å². The molecule has 2 aliphatic rings. The molecule has 0 aromatic heterocycles. The third-order valence-electron chi connectivity index (χ3n) is 4.52. The maximum atomic E-state index is 12.3. The molecule has 7 heteroatoms. The van der Waals surface area contributed by atoms with Crippen LogP contribution >= 0.6 is 12.4 Å². The fraction of sp³-hybridized carbons (Fsp3) is 0.611. The van der Waals surface area contributed by atoms with E-state index in [2.05, 4.69) is 5.32 Å². The highest BCUT2D eigenvalue weighted by atomic mass is 35.5. The molecular formula is C18H27ClN2O4. The summed E-state index contributed by atoms with van der Waals surface area (Å²) in [4.78, 5) is 12.3. The largest absolute Gasteiger partial charge is 0.488 e. The van der Waals surface area contributed by atoms with Crippen LogP contribution in [0.25, 0.3) is 0 Å². The summed E-state index contributed by atoms with van der Waals surface area (Å²) in [5, 5.41) is 2.95. The quantitative estimate of drug-likeness (QED) is 0.796. The van der Waals surface area contributed by atoms with Crippen LogP contribution in [0, 0.1) is 6.92 Å². The lowest BCUT2D eigenvalue weighted by Crippen LogP contribution is -2.35. The molecule has 140 valence electrons. The Bertz CT molecular complexity index is 578. The van der Waals surface area contributed by atoms with Gasteiger partial charge in [0.15, 0.2) is 0 Å². The smallest absolute Gasteiger partial charge is 0.249 e. The van der Waals surface area contributed by atoms with Crippen molar-refractivity contribution in [2.75, 3.05) is 19.8 Å². The van der Waals surface area contributed by atoms with Crippen molar-refractivity contribution >= 4 is 18.3 Å². The lowest BCUT2D eigenvalue weighted by Gasteiger charge is -2.18. The van der Waals surface area contributed by atoms with Gasteiger partial charge in [-0.2, -0.15) is 0 Å². The van der Waals surface area contributed by atoms with E-state index >= 15 is 0 Å². The minimum atomic E-state index is -0.392. The van der Waals surface area contributed by atoms with Crippen LogP contribution in [-0.4, -0.2) is 44.0 Å². The van der Waals surface area contributed by atoms with Gasteiger partial charge in [0.1, 0.15) is 18.0 Å². The lowest BCUT2D eigenvalue weighted by atomic mass is 10.1. The van der Waals surface area contributed by atoms with E-state index < -0.39 is 6.10 Å². The molecule has 25 heavy (non-hydrogen) atoms. The summed E-state index contributed by atoms with van der Waals surface area (Å²) < 4.78 is 17.1. The maximum absolute atomic E-state index is 12.3. The third-order valence-corrected chi connectivity index (χ3v) is 4.52. The molecule has 2 saturated heterocycles. The van der Waals surface area contributed by atoms with Crippen molar-refractivity contribution in [3.05, 3.63) is 29.3 Å². The zero-order valence-corrected chi connectivity index (χ0v) is 15.3. The van der Waals surface area contributed by atoms with Gasteiger partial charge in [0.25, 0.3) is 0 Å². The van der Waals surface area contributed by atoms with Crippen LogP contribution in [0.15, 0.2) is 18.2 Å². The molecule has 1 aromatic carbocycles. The van der Waals surface area contributed by atoms with Gasteiger partial charge in [0.2, 0.25) is 5.91 Å². The van der Waals surface area contributed by atoms with Crippen LogP contribution in [0.3, 0.4) is 0 Å². The van der Waals surface area contributed by atoms with Crippen molar-refractivity contribution in [1.29, 1.82) is 0 Å². The normalized spacial score (nSPS) is 25.4. The van der Waals surface area contributed by atoms with Gasteiger partial charge in [-0.1, -0.05) is 12.1 Å². The van der Waals surface area contributed by atoms with Gasteiger partial charge < -0.3 is 25.3 Å². The minimum absolute atomic E-state index is 0. The number of amides is 1. The molecule has 3 N–H and O–H groups in total. The van der Waals surface area contributed by atoms with E-state index in [0.29, 0.717) is 19.7 Å². The monoisotopic (exact) mass is 370 g/mol. The lowest BCUT2D eigenvalue weighted by molar-refractivity contribution is -0.132. The van der Waals surface area contributed by atoms with E-state index in [-0.39, 0.29) is 30.5 Å². The average Bonchev–Trinajstić information content (AvgIpc) is 3.25. The number of benzene rings is 1. The number of rotatable bonds is 6. The summed E-state index contributed by atoms with van der Waals surface area (Å²) in [6.07, 6.45) is 2.16. The number of hydrogen-bond acceptors (Lipinski definition) is 5. The molecular weight excluding hydrogens is 344 g/mol. The molecule has 1 amide bonds. The first-order valence-corrected chi connectivity index (χ1v) is 8.63. The van der Waals surface area contributed by atoms with Crippen LogP contribution < -0.4 is 15.8 Å². The van der Waals surface area contributed by atoms with Crippen molar-refractivity contribution in [1.82, 2.24) is 5.32 Å². The minimum Gasteiger partial charge on any atom is -0.488 e. The topological polar surface area (TPSA) is 82.8 Å². The zero-order chi connectivity index (χ0) is 16.9. The van der Waals surface area contributed by atoms with Crippen LogP contribution in [0.4, 0.5) is 0 Å². The van der Waals surface area contributed by atoms with Gasteiger partial charge in [-0.25, -0.2) is 0 Å². The number of nitrogens with one attached hydrogen (secondary N) is 1. The summed E-state index contributed by atoms with van der Waals surface area (Å²) in [7, 11) is 0. The van der Waals surface area contributed by atoms with Crippen LogP contribution in [0.2, 0.25) is 0 Å². The fourth-order valence-corrected chi connectivity index (χ4v) is 3.07. The molecule has 1 unspecified atom stereocenters. The first-order chi connectivity index (χ1) is 11.7. The number of halogens is 1. The zero-order valence-electron chi connectivity index (χ0n) is 14.5. The summed E-state index contributed by atoms with van der Waals surface area (Å²) in [6, 6.07) is 6.03. The van der Waals surface area contributed by atoms with Crippen LogP contribution in [0.5, 0.6) is 5.75 Å². The van der Waals surface area contributed by atoms with E-state index in [1.54, 1.807) is 0 Å². The molecule has 2 aliphatic heterocycles. The number of hydrogen-bond donors (Lipinski definition) is 2. The first kappa shape index (κ1) is 20.0. The molecule has 1 aromatic rings. The number of nitrogens with two attached hydrogens (primary N) is 1. The van der Waals surface area contributed by atoms with Crippen molar-refractivity contribution in [3.63, 3.8) is 0 Å². The second-order valence-electron chi connectivity index (χ2n) is 6.49. The molecule has 0 spiro atoms. The van der Waals surface area contributed by atoms with Gasteiger partial charge in [-0.3, -0.25) is 4.79 Å². The van der Waals surface area contributed by atoms with Gasteiger partial charge in [-0.05, 0) is 31.4 Å². The van der Waals surface area contributed by atoms with Crippen molar-refractivity contribution < 1.29 is 19.0 Å². The number of carbonyl (C=O) groups excluding carboxylic acids is 1. The Morgan fingerprint density at radius 3 is 2.88 bits per heavy atom. The molecule has 0 radical (unpaired) electrons. The van der Waals surface area contributed by atoms with E-state index in [1.165, 1.54) is 0 Å². The SMILES string of the molecule is Cc1ccc(CNC(=O)[C@@H]2CC[C@H](CN)O2)c(OC2CCOC2)c1.Cl.